The molecular formula is C20H22N4O3. The summed E-state index contributed by atoms with van der Waals surface area (Å²) in [6.45, 7) is 1.20. The molecular weight excluding hydrogens is 344 g/mol. The zero-order chi connectivity index (χ0) is 18.8. The van der Waals surface area contributed by atoms with Gasteiger partial charge in [0.2, 0.25) is 5.88 Å². The van der Waals surface area contributed by atoms with Crippen LogP contribution in [0.4, 0.5) is 5.82 Å². The minimum atomic E-state index is -0.105. The number of para-hydroxylation sites is 1. The Bertz CT molecular complexity index is 903. The van der Waals surface area contributed by atoms with Gasteiger partial charge in [-0.15, -0.1) is 10.2 Å². The number of carbonyl (C=O) groups is 1. The standard InChI is InChI=1S/C20H22N4O3/c1-23(2)18-9-10-19(22-21-18)26-15-7-5-11-24(13-15)20(25)17-12-14-6-3-4-8-16(14)27-17/h3-4,6,8-10,12,15H,5,7,11,13H2,1-2H3. The van der Waals surface area contributed by atoms with E-state index < -0.39 is 0 Å². The molecule has 0 spiro atoms. The van der Waals surface area contributed by atoms with Gasteiger partial charge in [-0.3, -0.25) is 4.79 Å². The lowest BCUT2D eigenvalue weighted by Crippen LogP contribution is -2.44. The van der Waals surface area contributed by atoms with E-state index in [0.717, 1.165) is 29.6 Å². The maximum absolute atomic E-state index is 12.8. The Balaban J connectivity index is 1.43. The number of piperidine rings is 1. The van der Waals surface area contributed by atoms with Crippen LogP contribution in [-0.4, -0.2) is 54.3 Å². The highest BCUT2D eigenvalue weighted by atomic mass is 16.5. The van der Waals surface area contributed by atoms with E-state index in [4.69, 9.17) is 9.15 Å². The largest absolute Gasteiger partial charge is 0.471 e. The van der Waals surface area contributed by atoms with Crippen LogP contribution in [0, 0.1) is 0 Å². The number of ether oxygens (including phenoxy) is 1. The minimum Gasteiger partial charge on any atom is -0.471 e. The second kappa shape index (κ2) is 7.26. The molecule has 4 rings (SSSR count). The topological polar surface area (TPSA) is 71.7 Å². The number of fused-ring (bicyclic) bond motifs is 1. The third-order valence-corrected chi connectivity index (χ3v) is 4.67. The SMILES string of the molecule is CN(C)c1ccc(OC2CCCN(C(=O)c3cc4ccccc4o3)C2)nn1. The lowest BCUT2D eigenvalue weighted by molar-refractivity contribution is 0.0500. The van der Waals surface area contributed by atoms with E-state index in [2.05, 4.69) is 10.2 Å². The van der Waals surface area contributed by atoms with Gasteiger partial charge in [0, 0.05) is 32.1 Å². The molecule has 0 aliphatic carbocycles. The maximum atomic E-state index is 12.8. The van der Waals surface area contributed by atoms with Crippen molar-refractivity contribution in [3.05, 3.63) is 48.2 Å². The highest BCUT2D eigenvalue weighted by Gasteiger charge is 2.28. The van der Waals surface area contributed by atoms with Gasteiger partial charge in [-0.2, -0.15) is 0 Å². The van der Waals surface area contributed by atoms with Gasteiger partial charge >= 0.3 is 0 Å². The van der Waals surface area contributed by atoms with Crippen LogP contribution in [0.15, 0.2) is 46.9 Å². The van der Waals surface area contributed by atoms with Crippen molar-refractivity contribution in [1.29, 1.82) is 0 Å². The van der Waals surface area contributed by atoms with Crippen molar-refractivity contribution in [2.24, 2.45) is 0 Å². The van der Waals surface area contributed by atoms with Crippen LogP contribution in [0.2, 0.25) is 0 Å². The van der Waals surface area contributed by atoms with E-state index >= 15 is 0 Å². The predicted octanol–water partition coefficient (Wildman–Crippen LogP) is 2.97. The monoisotopic (exact) mass is 366 g/mol. The average Bonchev–Trinajstić information content (AvgIpc) is 3.12. The molecule has 27 heavy (non-hydrogen) atoms. The van der Waals surface area contributed by atoms with Gasteiger partial charge < -0.3 is 19.0 Å². The minimum absolute atomic E-state index is 0.103. The Kier molecular flexibility index (Phi) is 4.66. The number of hydrogen-bond acceptors (Lipinski definition) is 6. The molecule has 1 amide bonds. The maximum Gasteiger partial charge on any atom is 0.289 e. The second-order valence-electron chi connectivity index (χ2n) is 6.91. The summed E-state index contributed by atoms with van der Waals surface area (Å²) in [4.78, 5) is 16.5. The Morgan fingerprint density at radius 2 is 2.07 bits per heavy atom. The van der Waals surface area contributed by atoms with Gasteiger partial charge in [-0.05, 0) is 31.0 Å². The first-order valence-electron chi connectivity index (χ1n) is 9.06. The summed E-state index contributed by atoms with van der Waals surface area (Å²) in [5, 5.41) is 9.17. The lowest BCUT2D eigenvalue weighted by Gasteiger charge is -2.32. The van der Waals surface area contributed by atoms with Gasteiger partial charge in [0.05, 0.1) is 6.54 Å². The van der Waals surface area contributed by atoms with Crippen molar-refractivity contribution in [1.82, 2.24) is 15.1 Å². The first kappa shape index (κ1) is 17.3. The molecule has 1 unspecified atom stereocenters. The van der Waals surface area contributed by atoms with Crippen molar-refractivity contribution < 1.29 is 13.9 Å². The Hall–Kier alpha value is -3.09. The number of aromatic nitrogens is 2. The van der Waals surface area contributed by atoms with Crippen LogP contribution in [0.3, 0.4) is 0 Å². The van der Waals surface area contributed by atoms with Crippen LogP contribution in [0.1, 0.15) is 23.4 Å². The highest BCUT2D eigenvalue weighted by molar-refractivity contribution is 5.96. The smallest absolute Gasteiger partial charge is 0.289 e. The predicted molar refractivity (Wildman–Crippen MR) is 102 cm³/mol. The molecule has 7 nitrogen and oxygen atoms in total. The van der Waals surface area contributed by atoms with E-state index in [-0.39, 0.29) is 12.0 Å². The lowest BCUT2D eigenvalue weighted by atomic mass is 10.1. The number of nitrogens with zero attached hydrogens (tertiary/aromatic N) is 4. The Labute approximate surface area is 157 Å². The number of likely N-dealkylation sites (tertiary alicyclic amines) is 1. The number of anilines is 1. The van der Waals surface area contributed by atoms with Crippen molar-refractivity contribution in [3.63, 3.8) is 0 Å². The average molecular weight is 366 g/mol. The molecule has 0 bridgehead atoms. The number of carbonyl (C=O) groups excluding carboxylic acids is 1. The van der Waals surface area contributed by atoms with Gasteiger partial charge in [-0.25, -0.2) is 0 Å². The molecule has 0 saturated carbocycles. The summed E-state index contributed by atoms with van der Waals surface area (Å²) in [5.41, 5.74) is 0.724. The molecule has 1 aromatic carbocycles. The van der Waals surface area contributed by atoms with Gasteiger partial charge in [0.15, 0.2) is 11.6 Å². The first-order chi connectivity index (χ1) is 13.1. The summed E-state index contributed by atoms with van der Waals surface area (Å²) in [7, 11) is 3.82. The summed E-state index contributed by atoms with van der Waals surface area (Å²) in [6, 6.07) is 13.1. The van der Waals surface area contributed by atoms with E-state index in [1.165, 1.54) is 0 Å². The third-order valence-electron chi connectivity index (χ3n) is 4.67. The first-order valence-corrected chi connectivity index (χ1v) is 9.06. The molecule has 3 aromatic rings. The van der Waals surface area contributed by atoms with Crippen LogP contribution >= 0.6 is 0 Å². The third kappa shape index (κ3) is 3.72. The number of amides is 1. The summed E-state index contributed by atoms with van der Waals surface area (Å²) < 4.78 is 11.7. The molecule has 1 saturated heterocycles. The molecule has 2 aromatic heterocycles. The molecule has 0 radical (unpaired) electrons. The van der Waals surface area contributed by atoms with Crippen LogP contribution < -0.4 is 9.64 Å². The fraction of sp³-hybridized carbons (Fsp3) is 0.350. The van der Waals surface area contributed by atoms with Gasteiger partial charge in [0.1, 0.15) is 11.7 Å². The Morgan fingerprint density at radius 1 is 1.22 bits per heavy atom. The van der Waals surface area contributed by atoms with E-state index in [1.807, 2.05) is 55.4 Å². The van der Waals surface area contributed by atoms with Crippen LogP contribution in [0.5, 0.6) is 5.88 Å². The zero-order valence-corrected chi connectivity index (χ0v) is 15.5. The summed E-state index contributed by atoms with van der Waals surface area (Å²) >= 11 is 0. The van der Waals surface area contributed by atoms with Crippen molar-refractivity contribution in [3.8, 4) is 5.88 Å². The number of benzene rings is 1. The molecule has 1 atom stereocenters. The second-order valence-corrected chi connectivity index (χ2v) is 6.91. The number of rotatable bonds is 4. The Morgan fingerprint density at radius 3 is 2.81 bits per heavy atom. The molecule has 140 valence electrons. The van der Waals surface area contributed by atoms with Crippen molar-refractivity contribution in [2.45, 2.75) is 18.9 Å². The van der Waals surface area contributed by atoms with Gasteiger partial charge in [0.25, 0.3) is 5.91 Å². The molecule has 1 fully saturated rings. The van der Waals surface area contributed by atoms with E-state index in [9.17, 15) is 4.79 Å². The van der Waals surface area contributed by atoms with E-state index in [1.54, 1.807) is 11.0 Å². The van der Waals surface area contributed by atoms with Crippen LogP contribution in [0.25, 0.3) is 11.0 Å². The zero-order valence-electron chi connectivity index (χ0n) is 15.5. The number of furan rings is 1. The van der Waals surface area contributed by atoms with Crippen LogP contribution in [-0.2, 0) is 0 Å². The molecule has 7 heteroatoms. The van der Waals surface area contributed by atoms with Crippen molar-refractivity contribution >= 4 is 22.7 Å². The van der Waals surface area contributed by atoms with Crippen molar-refractivity contribution in [2.75, 3.05) is 32.1 Å². The molecule has 0 N–H and O–H groups in total. The molecule has 1 aliphatic heterocycles. The fourth-order valence-electron chi connectivity index (χ4n) is 3.25. The fourth-order valence-corrected chi connectivity index (χ4v) is 3.25. The summed E-state index contributed by atoms with van der Waals surface area (Å²) in [5.74, 6) is 1.51. The highest BCUT2D eigenvalue weighted by Crippen LogP contribution is 2.23. The summed E-state index contributed by atoms with van der Waals surface area (Å²) in [6.07, 6.45) is 1.65. The normalized spacial score (nSPS) is 17.1. The van der Waals surface area contributed by atoms with E-state index in [0.29, 0.717) is 24.7 Å². The molecule has 1 aliphatic rings. The van der Waals surface area contributed by atoms with Gasteiger partial charge in [-0.1, -0.05) is 18.2 Å². The quantitative estimate of drug-likeness (QED) is 0.707. The number of hydrogen-bond donors (Lipinski definition) is 0. The molecule has 3 heterocycles.